The molecular weight excluding hydrogens is 234 g/mol. The molecule has 100 valence electrons. The van der Waals surface area contributed by atoms with Crippen molar-refractivity contribution in [3.05, 3.63) is 65.7 Å². The van der Waals surface area contributed by atoms with Crippen LogP contribution in [0.3, 0.4) is 0 Å². The van der Waals surface area contributed by atoms with Crippen LogP contribution in [0.25, 0.3) is 0 Å². The van der Waals surface area contributed by atoms with E-state index in [1.165, 1.54) is 11.1 Å². The lowest BCUT2D eigenvalue weighted by molar-refractivity contribution is 0.305. The Hall–Kier alpha value is -1.80. The maximum atomic E-state index is 5.83. The van der Waals surface area contributed by atoms with Crippen molar-refractivity contribution in [3.63, 3.8) is 0 Å². The summed E-state index contributed by atoms with van der Waals surface area (Å²) in [6.07, 6.45) is 1.00. The molecule has 2 heteroatoms. The number of hydrogen-bond acceptors (Lipinski definition) is 2. The lowest BCUT2D eigenvalue weighted by Gasteiger charge is -2.12. The van der Waals surface area contributed by atoms with E-state index >= 15 is 0 Å². The van der Waals surface area contributed by atoms with Gasteiger partial charge in [-0.3, -0.25) is 0 Å². The van der Waals surface area contributed by atoms with Gasteiger partial charge in [-0.15, -0.1) is 0 Å². The third-order valence-corrected chi connectivity index (χ3v) is 3.28. The highest BCUT2D eigenvalue weighted by Gasteiger charge is 2.05. The van der Waals surface area contributed by atoms with E-state index in [4.69, 9.17) is 10.5 Å². The second-order valence-corrected chi connectivity index (χ2v) is 4.83. The topological polar surface area (TPSA) is 35.2 Å². The fourth-order valence-corrected chi connectivity index (χ4v) is 2.07. The molecule has 2 aromatic rings. The summed E-state index contributed by atoms with van der Waals surface area (Å²) >= 11 is 0. The van der Waals surface area contributed by atoms with E-state index in [0.29, 0.717) is 12.5 Å². The van der Waals surface area contributed by atoms with Gasteiger partial charge in [0.05, 0.1) is 0 Å². The zero-order valence-corrected chi connectivity index (χ0v) is 11.4. The van der Waals surface area contributed by atoms with Gasteiger partial charge in [-0.05, 0) is 42.1 Å². The lowest BCUT2D eigenvalue weighted by Crippen LogP contribution is -2.04. The van der Waals surface area contributed by atoms with Crippen molar-refractivity contribution in [2.45, 2.75) is 25.9 Å². The van der Waals surface area contributed by atoms with Crippen LogP contribution in [0.2, 0.25) is 0 Å². The number of ether oxygens (including phenoxy) is 1. The normalized spacial score (nSPS) is 12.1. The largest absolute Gasteiger partial charge is 0.489 e. The van der Waals surface area contributed by atoms with Gasteiger partial charge in [0.1, 0.15) is 12.4 Å². The van der Waals surface area contributed by atoms with E-state index in [0.717, 1.165) is 18.7 Å². The first-order valence-corrected chi connectivity index (χ1v) is 6.76. The van der Waals surface area contributed by atoms with Crippen LogP contribution in [0.1, 0.15) is 30.4 Å². The predicted octanol–water partition coefficient (Wildman–Crippen LogP) is 3.72. The first kappa shape index (κ1) is 13.6. The molecule has 0 saturated heterocycles. The molecule has 0 radical (unpaired) electrons. The Balaban J connectivity index is 1.99. The molecule has 0 saturated carbocycles. The van der Waals surface area contributed by atoms with Gasteiger partial charge in [-0.25, -0.2) is 0 Å². The molecule has 0 bridgehead atoms. The molecule has 2 rings (SSSR count). The van der Waals surface area contributed by atoms with Crippen molar-refractivity contribution in [1.82, 2.24) is 0 Å². The van der Waals surface area contributed by atoms with Gasteiger partial charge in [-0.2, -0.15) is 0 Å². The second kappa shape index (κ2) is 6.95. The average molecular weight is 255 g/mol. The Morgan fingerprint density at radius 2 is 1.84 bits per heavy atom. The fraction of sp³-hybridized carbons (Fsp3) is 0.294. The van der Waals surface area contributed by atoms with E-state index in [9.17, 15) is 0 Å². The van der Waals surface area contributed by atoms with Gasteiger partial charge in [-0.1, -0.05) is 49.4 Å². The Labute approximate surface area is 115 Å². The number of benzene rings is 2. The van der Waals surface area contributed by atoms with Crippen LogP contribution in [0.5, 0.6) is 5.75 Å². The van der Waals surface area contributed by atoms with Crippen LogP contribution in [0.15, 0.2) is 54.6 Å². The molecule has 2 N–H and O–H groups in total. The number of rotatable bonds is 6. The summed E-state index contributed by atoms with van der Waals surface area (Å²) in [5.41, 5.74) is 8.08. The van der Waals surface area contributed by atoms with E-state index in [-0.39, 0.29) is 0 Å². The molecular formula is C17H21NO. The maximum absolute atomic E-state index is 5.83. The molecule has 0 heterocycles. The Kier molecular flexibility index (Phi) is 4.99. The SMILES string of the molecule is C[C@H](CCN)c1cccc(OCc2ccccc2)c1. The highest BCUT2D eigenvalue weighted by Crippen LogP contribution is 2.23. The molecule has 1 atom stereocenters. The van der Waals surface area contributed by atoms with E-state index < -0.39 is 0 Å². The zero-order chi connectivity index (χ0) is 13.5. The molecule has 0 amide bonds. The molecule has 0 spiro atoms. The quantitative estimate of drug-likeness (QED) is 0.854. The van der Waals surface area contributed by atoms with Crippen LogP contribution < -0.4 is 10.5 Å². The molecule has 2 aromatic carbocycles. The predicted molar refractivity (Wildman–Crippen MR) is 79.3 cm³/mol. The van der Waals surface area contributed by atoms with Crippen LogP contribution in [0.4, 0.5) is 0 Å². The highest BCUT2D eigenvalue weighted by atomic mass is 16.5. The molecule has 0 aliphatic heterocycles. The minimum absolute atomic E-state index is 0.477. The minimum Gasteiger partial charge on any atom is -0.489 e. The molecule has 0 unspecified atom stereocenters. The van der Waals surface area contributed by atoms with Crippen molar-refractivity contribution >= 4 is 0 Å². The number of hydrogen-bond donors (Lipinski definition) is 1. The summed E-state index contributed by atoms with van der Waals surface area (Å²) in [7, 11) is 0. The van der Waals surface area contributed by atoms with E-state index in [1.807, 2.05) is 30.3 Å². The van der Waals surface area contributed by atoms with Gasteiger partial charge in [0.25, 0.3) is 0 Å². The first-order chi connectivity index (χ1) is 9.29. The first-order valence-electron chi connectivity index (χ1n) is 6.76. The Morgan fingerprint density at radius 1 is 1.05 bits per heavy atom. The third-order valence-electron chi connectivity index (χ3n) is 3.28. The second-order valence-electron chi connectivity index (χ2n) is 4.83. The monoisotopic (exact) mass is 255 g/mol. The summed E-state index contributed by atoms with van der Waals surface area (Å²) in [6, 6.07) is 18.5. The maximum Gasteiger partial charge on any atom is 0.120 e. The van der Waals surface area contributed by atoms with Crippen molar-refractivity contribution in [2.75, 3.05) is 6.54 Å². The Bertz CT molecular complexity index is 496. The van der Waals surface area contributed by atoms with E-state index in [2.05, 4.69) is 31.2 Å². The molecule has 0 aliphatic rings. The minimum atomic E-state index is 0.477. The summed E-state index contributed by atoms with van der Waals surface area (Å²) in [4.78, 5) is 0. The van der Waals surface area contributed by atoms with E-state index in [1.54, 1.807) is 0 Å². The zero-order valence-electron chi connectivity index (χ0n) is 11.4. The standard InChI is InChI=1S/C17H21NO/c1-14(10-11-18)16-8-5-9-17(12-16)19-13-15-6-3-2-4-7-15/h2-9,12,14H,10-11,13,18H2,1H3/t14-/m1/s1. The summed E-state index contributed by atoms with van der Waals surface area (Å²) < 4.78 is 5.83. The summed E-state index contributed by atoms with van der Waals surface area (Å²) in [5, 5.41) is 0. The summed E-state index contributed by atoms with van der Waals surface area (Å²) in [6.45, 7) is 3.52. The van der Waals surface area contributed by atoms with Crippen LogP contribution in [-0.2, 0) is 6.61 Å². The summed E-state index contributed by atoms with van der Waals surface area (Å²) in [5.74, 6) is 1.40. The van der Waals surface area contributed by atoms with Crippen molar-refractivity contribution in [3.8, 4) is 5.75 Å². The van der Waals surface area contributed by atoms with Crippen molar-refractivity contribution in [1.29, 1.82) is 0 Å². The van der Waals surface area contributed by atoms with Crippen LogP contribution in [-0.4, -0.2) is 6.54 Å². The molecule has 0 aromatic heterocycles. The van der Waals surface area contributed by atoms with Gasteiger partial charge >= 0.3 is 0 Å². The van der Waals surface area contributed by atoms with Gasteiger partial charge < -0.3 is 10.5 Å². The van der Waals surface area contributed by atoms with Gasteiger partial charge in [0.15, 0.2) is 0 Å². The molecule has 2 nitrogen and oxygen atoms in total. The number of nitrogens with two attached hydrogens (primary N) is 1. The molecule has 0 aliphatic carbocycles. The fourth-order valence-electron chi connectivity index (χ4n) is 2.07. The van der Waals surface area contributed by atoms with Gasteiger partial charge in [0.2, 0.25) is 0 Å². The van der Waals surface area contributed by atoms with Crippen molar-refractivity contribution in [2.24, 2.45) is 5.73 Å². The van der Waals surface area contributed by atoms with Crippen molar-refractivity contribution < 1.29 is 4.74 Å². The molecule has 0 fully saturated rings. The Morgan fingerprint density at radius 3 is 2.58 bits per heavy atom. The third kappa shape index (κ3) is 4.11. The highest BCUT2D eigenvalue weighted by molar-refractivity contribution is 5.31. The van der Waals surface area contributed by atoms with Crippen LogP contribution >= 0.6 is 0 Å². The van der Waals surface area contributed by atoms with Crippen LogP contribution in [0, 0.1) is 0 Å². The lowest BCUT2D eigenvalue weighted by atomic mass is 9.98. The van der Waals surface area contributed by atoms with Gasteiger partial charge in [0, 0.05) is 0 Å². The average Bonchev–Trinajstić information content (AvgIpc) is 2.47. The molecule has 19 heavy (non-hydrogen) atoms. The smallest absolute Gasteiger partial charge is 0.120 e.